The van der Waals surface area contributed by atoms with Gasteiger partial charge in [0.15, 0.2) is 0 Å². The van der Waals surface area contributed by atoms with Gasteiger partial charge in [0.1, 0.15) is 5.82 Å². The molecule has 0 amide bonds. The highest BCUT2D eigenvalue weighted by atomic mass is 19.1. The molecule has 32 heavy (non-hydrogen) atoms. The number of benzene rings is 3. The lowest BCUT2D eigenvalue weighted by Crippen LogP contribution is -2.19. The summed E-state index contributed by atoms with van der Waals surface area (Å²) in [6.07, 6.45) is 3.04. The van der Waals surface area contributed by atoms with Crippen molar-refractivity contribution in [2.75, 3.05) is 20.6 Å². The summed E-state index contributed by atoms with van der Waals surface area (Å²) >= 11 is 0. The van der Waals surface area contributed by atoms with Crippen LogP contribution in [0, 0.1) is 5.82 Å². The lowest BCUT2D eigenvalue weighted by Gasteiger charge is -2.26. The van der Waals surface area contributed by atoms with Crippen LogP contribution in [0.25, 0.3) is 22.0 Å². The van der Waals surface area contributed by atoms with Gasteiger partial charge in [0.25, 0.3) is 0 Å². The van der Waals surface area contributed by atoms with Gasteiger partial charge in [0.05, 0.1) is 12.7 Å². The van der Waals surface area contributed by atoms with Crippen LogP contribution in [0.4, 0.5) is 4.39 Å². The van der Waals surface area contributed by atoms with Gasteiger partial charge >= 0.3 is 0 Å². The first-order chi connectivity index (χ1) is 15.5. The predicted octanol–water partition coefficient (Wildman–Crippen LogP) is 6.29. The van der Waals surface area contributed by atoms with Crippen molar-refractivity contribution >= 4 is 10.9 Å². The molecule has 0 N–H and O–H groups in total. The number of aryl methyl sites for hydroxylation is 1. The molecule has 0 bridgehead atoms. The first kappa shape index (κ1) is 20.9. The van der Waals surface area contributed by atoms with Crippen molar-refractivity contribution in [1.82, 2.24) is 9.47 Å². The molecule has 4 aromatic rings. The molecule has 0 radical (unpaired) electrons. The molecule has 5 rings (SSSR count). The second-order valence-electron chi connectivity index (χ2n) is 9.10. The number of hydrogen-bond donors (Lipinski definition) is 0. The first-order valence-corrected chi connectivity index (χ1v) is 11.2. The topological polar surface area (TPSA) is 17.4 Å². The van der Waals surface area contributed by atoms with Crippen LogP contribution in [0.1, 0.15) is 35.1 Å². The molecule has 0 fully saturated rings. The van der Waals surface area contributed by atoms with Crippen LogP contribution >= 0.6 is 0 Å². The van der Waals surface area contributed by atoms with Gasteiger partial charge in [-0.2, -0.15) is 0 Å². The fourth-order valence-electron chi connectivity index (χ4n) is 4.85. The average Bonchev–Trinajstić information content (AvgIpc) is 3.38. The summed E-state index contributed by atoms with van der Waals surface area (Å²) in [5.74, 6) is -0.0151. The van der Waals surface area contributed by atoms with Gasteiger partial charge in [0.2, 0.25) is 0 Å². The predicted molar refractivity (Wildman–Crippen MR) is 128 cm³/mol. The van der Waals surface area contributed by atoms with Gasteiger partial charge in [-0.3, -0.25) is 0 Å². The second-order valence-corrected chi connectivity index (χ2v) is 9.10. The second kappa shape index (κ2) is 8.53. The van der Waals surface area contributed by atoms with Crippen molar-refractivity contribution < 1.29 is 9.13 Å². The van der Waals surface area contributed by atoms with Gasteiger partial charge in [-0.25, -0.2) is 4.39 Å². The van der Waals surface area contributed by atoms with E-state index in [1.54, 1.807) is 12.1 Å². The third kappa shape index (κ3) is 3.96. The monoisotopic (exact) mass is 428 g/mol. The van der Waals surface area contributed by atoms with Crippen LogP contribution in [-0.2, 0) is 18.4 Å². The van der Waals surface area contributed by atoms with Crippen LogP contribution in [0.15, 0.2) is 72.9 Å². The van der Waals surface area contributed by atoms with Crippen LogP contribution in [-0.4, -0.2) is 30.1 Å². The molecule has 4 heteroatoms. The zero-order valence-corrected chi connectivity index (χ0v) is 18.9. The summed E-state index contributed by atoms with van der Waals surface area (Å²) in [5, 5.41) is 1.25. The Morgan fingerprint density at radius 2 is 1.75 bits per heavy atom. The maximum Gasteiger partial charge on any atom is 0.123 e. The van der Waals surface area contributed by atoms with Gasteiger partial charge in [-0.1, -0.05) is 30.3 Å². The van der Waals surface area contributed by atoms with Crippen LogP contribution in [0.5, 0.6) is 0 Å². The molecule has 1 aliphatic heterocycles. The van der Waals surface area contributed by atoms with Gasteiger partial charge in [-0.15, -0.1) is 0 Å². The van der Waals surface area contributed by atoms with Crippen molar-refractivity contribution in [3.8, 4) is 11.1 Å². The van der Waals surface area contributed by atoms with Crippen molar-refractivity contribution in [3.63, 3.8) is 0 Å². The number of nitrogens with zero attached hydrogens (tertiary/aromatic N) is 2. The van der Waals surface area contributed by atoms with Gasteiger partial charge in [0, 0.05) is 30.1 Å². The Hall–Kier alpha value is -2.95. The maximum absolute atomic E-state index is 13.5. The molecule has 2 heterocycles. The van der Waals surface area contributed by atoms with E-state index in [2.05, 4.69) is 79.3 Å². The number of rotatable bonds is 6. The molecule has 2 unspecified atom stereocenters. The highest BCUT2D eigenvalue weighted by Crippen LogP contribution is 2.44. The Kier molecular flexibility index (Phi) is 5.58. The van der Waals surface area contributed by atoms with E-state index in [-0.39, 0.29) is 17.8 Å². The molecule has 3 nitrogen and oxygen atoms in total. The number of halogens is 1. The van der Waals surface area contributed by atoms with Crippen LogP contribution in [0.2, 0.25) is 0 Å². The third-order valence-electron chi connectivity index (χ3n) is 6.64. The molecule has 0 saturated heterocycles. The van der Waals surface area contributed by atoms with Crippen LogP contribution in [0.3, 0.4) is 0 Å². The highest BCUT2D eigenvalue weighted by Gasteiger charge is 2.32. The molecule has 2 atom stereocenters. The molecule has 164 valence electrons. The molecule has 1 aromatic heterocycles. The van der Waals surface area contributed by atoms with E-state index in [1.165, 1.54) is 33.2 Å². The number of fused-ring (bicyclic) bond motifs is 2. The summed E-state index contributed by atoms with van der Waals surface area (Å²) in [4.78, 5) is 2.19. The summed E-state index contributed by atoms with van der Waals surface area (Å²) in [6.45, 7) is 1.56. The molecular weight excluding hydrogens is 399 g/mol. The summed E-state index contributed by atoms with van der Waals surface area (Å²) in [6, 6.07) is 22.4. The Balaban J connectivity index is 1.46. The summed E-state index contributed by atoms with van der Waals surface area (Å²) < 4.78 is 22.0. The van der Waals surface area contributed by atoms with Gasteiger partial charge in [-0.05, 0) is 91.3 Å². The Bertz CT molecular complexity index is 1240. The van der Waals surface area contributed by atoms with E-state index in [0.29, 0.717) is 6.61 Å². The third-order valence-corrected chi connectivity index (χ3v) is 6.64. The fraction of sp³-hybridized carbons (Fsp3) is 0.286. The SMILES string of the molecule is CN(C)CCC(c1ccc(F)cc1)C1OCc2cc(-c3ccc4c(ccn4C)c3)ccc21. The van der Waals surface area contributed by atoms with Crippen molar-refractivity contribution in [2.45, 2.75) is 25.0 Å². The molecule has 1 aliphatic rings. The normalized spacial score (nSPS) is 16.6. The van der Waals surface area contributed by atoms with Gasteiger partial charge < -0.3 is 14.2 Å². The van der Waals surface area contributed by atoms with E-state index in [4.69, 9.17) is 4.74 Å². The lowest BCUT2D eigenvalue weighted by molar-refractivity contribution is 0.0420. The molecule has 0 aliphatic carbocycles. The van der Waals surface area contributed by atoms with Crippen LogP contribution < -0.4 is 0 Å². The highest BCUT2D eigenvalue weighted by molar-refractivity contribution is 5.85. The van der Waals surface area contributed by atoms with E-state index >= 15 is 0 Å². The van der Waals surface area contributed by atoms with Crippen molar-refractivity contribution in [2.24, 2.45) is 7.05 Å². The zero-order valence-electron chi connectivity index (χ0n) is 18.9. The molecule has 3 aromatic carbocycles. The quantitative estimate of drug-likeness (QED) is 0.359. The Labute approximate surface area is 189 Å². The molecular formula is C28H29FN2O. The Morgan fingerprint density at radius 3 is 2.53 bits per heavy atom. The molecule has 0 spiro atoms. The molecule has 0 saturated carbocycles. The minimum absolute atomic E-state index is 0.0129. The van der Waals surface area contributed by atoms with E-state index < -0.39 is 0 Å². The van der Waals surface area contributed by atoms with E-state index in [1.807, 2.05) is 12.1 Å². The van der Waals surface area contributed by atoms with Crippen molar-refractivity contribution in [3.05, 3.63) is 95.4 Å². The number of hydrogen-bond acceptors (Lipinski definition) is 2. The smallest absolute Gasteiger partial charge is 0.123 e. The minimum Gasteiger partial charge on any atom is -0.368 e. The lowest BCUT2D eigenvalue weighted by atomic mass is 9.85. The van der Waals surface area contributed by atoms with E-state index in [0.717, 1.165) is 18.5 Å². The first-order valence-electron chi connectivity index (χ1n) is 11.2. The summed E-state index contributed by atoms with van der Waals surface area (Å²) in [5.41, 5.74) is 7.30. The maximum atomic E-state index is 13.5. The Morgan fingerprint density at radius 1 is 1.00 bits per heavy atom. The fourth-order valence-corrected chi connectivity index (χ4v) is 4.85. The zero-order chi connectivity index (χ0) is 22.2. The van der Waals surface area contributed by atoms with Crippen molar-refractivity contribution in [1.29, 1.82) is 0 Å². The number of ether oxygens (including phenoxy) is 1. The minimum atomic E-state index is -0.201. The standard InChI is InChI=1S/C28H29FN2O/c1-30(2)14-13-26(19-4-8-24(29)9-5-19)28-25-10-6-20(17-23(25)18-32-28)21-7-11-27-22(16-21)12-15-31(27)3/h4-12,15-17,26,28H,13-14,18H2,1-3H3. The largest absolute Gasteiger partial charge is 0.368 e. The average molecular weight is 429 g/mol. The van der Waals surface area contributed by atoms with E-state index in [9.17, 15) is 4.39 Å². The summed E-state index contributed by atoms with van der Waals surface area (Å²) in [7, 11) is 6.24. The number of aromatic nitrogens is 1.